The fourth-order valence-electron chi connectivity index (χ4n) is 1.97. The third-order valence-electron chi connectivity index (χ3n) is 3.42. The summed E-state index contributed by atoms with van der Waals surface area (Å²) in [6.45, 7) is 5.89. The second kappa shape index (κ2) is 7.26. The molecule has 106 valence electrons. The number of primary amides is 1. The van der Waals surface area contributed by atoms with Crippen LogP contribution in [0.25, 0.3) is 0 Å². The Morgan fingerprint density at radius 1 is 1.32 bits per heavy atom. The van der Waals surface area contributed by atoms with E-state index in [1.165, 1.54) is 0 Å². The van der Waals surface area contributed by atoms with Gasteiger partial charge in [-0.2, -0.15) is 0 Å². The van der Waals surface area contributed by atoms with Gasteiger partial charge in [-0.1, -0.05) is 32.0 Å². The lowest BCUT2D eigenvalue weighted by Gasteiger charge is -2.22. The molecule has 1 aromatic carbocycles. The molecule has 0 spiro atoms. The summed E-state index contributed by atoms with van der Waals surface area (Å²) >= 11 is 0. The zero-order chi connectivity index (χ0) is 14.4. The van der Waals surface area contributed by atoms with E-state index in [0.29, 0.717) is 18.0 Å². The van der Waals surface area contributed by atoms with Crippen molar-refractivity contribution in [3.05, 3.63) is 35.4 Å². The standard InChI is InChI=1S/C15H25N3O/c1-11(2)14(16)8-9-18(3)10-12-6-4-5-7-13(12)15(17)19/h4-7,11,14H,8-10,16H2,1-3H3,(H2,17,19). The highest BCUT2D eigenvalue weighted by Crippen LogP contribution is 2.11. The van der Waals surface area contributed by atoms with Gasteiger partial charge in [-0.05, 0) is 37.6 Å². The van der Waals surface area contributed by atoms with Crippen LogP contribution < -0.4 is 11.5 Å². The summed E-state index contributed by atoms with van der Waals surface area (Å²) < 4.78 is 0. The van der Waals surface area contributed by atoms with Crippen LogP contribution in [-0.4, -0.2) is 30.4 Å². The maximum absolute atomic E-state index is 11.3. The number of amides is 1. The molecule has 1 rings (SSSR count). The minimum atomic E-state index is -0.372. The van der Waals surface area contributed by atoms with Crippen LogP contribution in [0.1, 0.15) is 36.2 Å². The summed E-state index contributed by atoms with van der Waals surface area (Å²) in [5.74, 6) is 0.120. The van der Waals surface area contributed by atoms with Crippen molar-refractivity contribution in [1.29, 1.82) is 0 Å². The quantitative estimate of drug-likeness (QED) is 0.784. The average Bonchev–Trinajstić information content (AvgIpc) is 2.36. The molecule has 0 heterocycles. The van der Waals surface area contributed by atoms with Gasteiger partial charge in [-0.25, -0.2) is 0 Å². The molecule has 4 heteroatoms. The summed E-state index contributed by atoms with van der Waals surface area (Å²) in [4.78, 5) is 13.5. The first-order chi connectivity index (χ1) is 8.91. The summed E-state index contributed by atoms with van der Waals surface area (Å²) in [6.07, 6.45) is 0.951. The lowest BCUT2D eigenvalue weighted by Crippen LogP contribution is -2.32. The maximum atomic E-state index is 11.3. The van der Waals surface area contributed by atoms with Gasteiger partial charge in [0, 0.05) is 18.2 Å². The molecule has 0 fully saturated rings. The molecule has 4 N–H and O–H groups in total. The first kappa shape index (κ1) is 15.7. The molecule has 0 radical (unpaired) electrons. The normalized spacial score (nSPS) is 12.9. The van der Waals surface area contributed by atoms with E-state index in [1.807, 2.05) is 25.2 Å². The van der Waals surface area contributed by atoms with Gasteiger partial charge >= 0.3 is 0 Å². The second-order valence-corrected chi connectivity index (χ2v) is 5.46. The van der Waals surface area contributed by atoms with E-state index in [2.05, 4.69) is 18.7 Å². The van der Waals surface area contributed by atoms with Gasteiger partial charge in [0.15, 0.2) is 0 Å². The molecule has 0 bridgehead atoms. The summed E-state index contributed by atoms with van der Waals surface area (Å²) in [7, 11) is 2.03. The van der Waals surface area contributed by atoms with Crippen molar-refractivity contribution in [3.63, 3.8) is 0 Å². The predicted octanol–water partition coefficient (Wildman–Crippen LogP) is 1.59. The number of nitrogens with two attached hydrogens (primary N) is 2. The first-order valence-corrected chi connectivity index (χ1v) is 6.73. The zero-order valence-corrected chi connectivity index (χ0v) is 12.1. The highest BCUT2D eigenvalue weighted by Gasteiger charge is 2.11. The fourth-order valence-corrected chi connectivity index (χ4v) is 1.97. The Morgan fingerprint density at radius 2 is 1.95 bits per heavy atom. The topological polar surface area (TPSA) is 72.3 Å². The summed E-state index contributed by atoms with van der Waals surface area (Å²) in [6, 6.07) is 7.69. The van der Waals surface area contributed by atoms with E-state index in [0.717, 1.165) is 18.5 Å². The van der Waals surface area contributed by atoms with Gasteiger partial charge in [-0.15, -0.1) is 0 Å². The van der Waals surface area contributed by atoms with Crippen molar-refractivity contribution in [2.45, 2.75) is 32.9 Å². The fraction of sp³-hybridized carbons (Fsp3) is 0.533. The van der Waals surface area contributed by atoms with Crippen molar-refractivity contribution in [2.75, 3.05) is 13.6 Å². The number of hydrogen-bond donors (Lipinski definition) is 2. The van der Waals surface area contributed by atoms with E-state index < -0.39 is 0 Å². The lowest BCUT2D eigenvalue weighted by atomic mass is 10.0. The Labute approximate surface area is 115 Å². The monoisotopic (exact) mass is 263 g/mol. The largest absolute Gasteiger partial charge is 0.366 e. The molecule has 0 aliphatic carbocycles. The van der Waals surface area contributed by atoms with Crippen LogP contribution >= 0.6 is 0 Å². The van der Waals surface area contributed by atoms with Crippen LogP contribution in [0.2, 0.25) is 0 Å². The molecule has 19 heavy (non-hydrogen) atoms. The van der Waals surface area contributed by atoms with Gasteiger partial charge < -0.3 is 16.4 Å². The molecule has 0 saturated heterocycles. The van der Waals surface area contributed by atoms with Crippen molar-refractivity contribution in [1.82, 2.24) is 4.90 Å². The predicted molar refractivity (Wildman–Crippen MR) is 78.7 cm³/mol. The Kier molecular flexibility index (Phi) is 5.99. The van der Waals surface area contributed by atoms with Crippen molar-refractivity contribution in [3.8, 4) is 0 Å². The minimum absolute atomic E-state index is 0.217. The SMILES string of the molecule is CC(C)C(N)CCN(C)Cc1ccccc1C(N)=O. The zero-order valence-electron chi connectivity index (χ0n) is 12.1. The van der Waals surface area contributed by atoms with Gasteiger partial charge in [0.2, 0.25) is 5.91 Å². The molecule has 1 aromatic rings. The van der Waals surface area contributed by atoms with Crippen molar-refractivity contribution >= 4 is 5.91 Å². The molecule has 1 amide bonds. The van der Waals surface area contributed by atoms with Crippen molar-refractivity contribution in [2.24, 2.45) is 17.4 Å². The molecular weight excluding hydrogens is 238 g/mol. The number of rotatable bonds is 7. The molecule has 0 aliphatic heterocycles. The van der Waals surface area contributed by atoms with Crippen LogP contribution in [-0.2, 0) is 6.54 Å². The van der Waals surface area contributed by atoms with Gasteiger partial charge in [0.25, 0.3) is 0 Å². The molecule has 1 unspecified atom stereocenters. The Balaban J connectivity index is 2.57. The third-order valence-corrected chi connectivity index (χ3v) is 3.42. The Hall–Kier alpha value is -1.39. The van der Waals surface area contributed by atoms with Crippen LogP contribution in [0.3, 0.4) is 0 Å². The lowest BCUT2D eigenvalue weighted by molar-refractivity contribution is 0.0998. The smallest absolute Gasteiger partial charge is 0.249 e. The number of nitrogens with zero attached hydrogens (tertiary/aromatic N) is 1. The average molecular weight is 263 g/mol. The van der Waals surface area contributed by atoms with E-state index in [4.69, 9.17) is 11.5 Å². The summed E-state index contributed by atoms with van der Waals surface area (Å²) in [5.41, 5.74) is 13.0. The van der Waals surface area contributed by atoms with Gasteiger partial charge in [-0.3, -0.25) is 4.79 Å². The molecule has 0 saturated carbocycles. The number of benzene rings is 1. The second-order valence-electron chi connectivity index (χ2n) is 5.46. The van der Waals surface area contributed by atoms with E-state index >= 15 is 0 Å². The van der Waals surface area contributed by atoms with Crippen LogP contribution in [0.15, 0.2) is 24.3 Å². The van der Waals surface area contributed by atoms with Crippen LogP contribution in [0, 0.1) is 5.92 Å². The highest BCUT2D eigenvalue weighted by atomic mass is 16.1. The van der Waals surface area contributed by atoms with E-state index in [1.54, 1.807) is 6.07 Å². The molecule has 0 aromatic heterocycles. The van der Waals surface area contributed by atoms with Gasteiger partial charge in [0.1, 0.15) is 0 Å². The third kappa shape index (κ3) is 5.01. The first-order valence-electron chi connectivity index (χ1n) is 6.73. The van der Waals surface area contributed by atoms with Crippen LogP contribution in [0.5, 0.6) is 0 Å². The Morgan fingerprint density at radius 3 is 2.53 bits per heavy atom. The maximum Gasteiger partial charge on any atom is 0.249 e. The van der Waals surface area contributed by atoms with Crippen LogP contribution in [0.4, 0.5) is 0 Å². The van der Waals surface area contributed by atoms with Crippen molar-refractivity contribution < 1.29 is 4.79 Å². The highest BCUT2D eigenvalue weighted by molar-refractivity contribution is 5.94. The molecule has 1 atom stereocenters. The number of carbonyl (C=O) groups excluding carboxylic acids is 1. The molecular formula is C15H25N3O. The molecule has 4 nitrogen and oxygen atoms in total. The minimum Gasteiger partial charge on any atom is -0.366 e. The number of hydrogen-bond acceptors (Lipinski definition) is 3. The summed E-state index contributed by atoms with van der Waals surface area (Å²) in [5, 5.41) is 0. The van der Waals surface area contributed by atoms with E-state index in [-0.39, 0.29) is 11.9 Å². The number of carbonyl (C=O) groups is 1. The van der Waals surface area contributed by atoms with E-state index in [9.17, 15) is 4.79 Å². The van der Waals surface area contributed by atoms with Gasteiger partial charge in [0.05, 0.1) is 0 Å². The molecule has 0 aliphatic rings. The Bertz CT molecular complexity index is 418.